The number of esters is 1. The fraction of sp³-hybridized carbons (Fsp3) is 0.200. The summed E-state index contributed by atoms with van der Waals surface area (Å²) in [5.74, 6) is -0.779. The quantitative estimate of drug-likeness (QED) is 0.599. The van der Waals surface area contributed by atoms with E-state index in [1.54, 1.807) is 36.4 Å². The summed E-state index contributed by atoms with van der Waals surface area (Å²) in [6, 6.07) is 11.6. The maximum atomic E-state index is 12.4. The molecule has 0 aliphatic heterocycles. The molecule has 0 aliphatic carbocycles. The first-order valence-electron chi connectivity index (χ1n) is 8.69. The van der Waals surface area contributed by atoms with Crippen LogP contribution in [0.1, 0.15) is 12.6 Å². The lowest BCUT2D eigenvalue weighted by atomic mass is 10.1. The topological polar surface area (TPSA) is 110 Å². The first-order chi connectivity index (χ1) is 13.9. The van der Waals surface area contributed by atoms with Gasteiger partial charge < -0.3 is 14.8 Å². The van der Waals surface area contributed by atoms with Crippen LogP contribution in [0.3, 0.4) is 0 Å². The second-order valence-corrected chi connectivity index (χ2v) is 6.62. The number of aromatic amines is 1. The predicted octanol–water partition coefficient (Wildman–Crippen LogP) is 2.70. The van der Waals surface area contributed by atoms with Crippen molar-refractivity contribution in [2.24, 2.45) is 0 Å². The smallest absolute Gasteiger partial charge is 0.312 e. The molecule has 0 fully saturated rings. The van der Waals surface area contributed by atoms with Crippen LogP contribution < -0.4 is 15.6 Å². The van der Waals surface area contributed by atoms with Crippen LogP contribution in [0.5, 0.6) is 5.75 Å². The fourth-order valence-electron chi connectivity index (χ4n) is 2.75. The molecule has 1 aromatic heterocycles. The molecule has 0 saturated carbocycles. The molecule has 0 saturated heterocycles. The zero-order chi connectivity index (χ0) is 21.0. The molecule has 0 aliphatic rings. The Morgan fingerprint density at radius 2 is 1.93 bits per heavy atom. The predicted molar refractivity (Wildman–Crippen MR) is 108 cm³/mol. The Hall–Kier alpha value is -3.39. The molecule has 9 heteroatoms. The van der Waals surface area contributed by atoms with Crippen molar-refractivity contribution in [3.8, 4) is 5.75 Å². The lowest BCUT2D eigenvalue weighted by Crippen LogP contribution is -2.30. The van der Waals surface area contributed by atoms with E-state index in [1.807, 2.05) is 0 Å². The van der Waals surface area contributed by atoms with Crippen LogP contribution in [0, 0.1) is 0 Å². The molecule has 150 valence electrons. The summed E-state index contributed by atoms with van der Waals surface area (Å²) in [4.78, 5) is 36.5. The molecule has 2 N–H and O–H groups in total. The average Bonchev–Trinajstić information content (AvgIpc) is 2.70. The van der Waals surface area contributed by atoms with Gasteiger partial charge in [-0.25, -0.2) is 5.10 Å². The van der Waals surface area contributed by atoms with Crippen LogP contribution in [-0.4, -0.2) is 35.3 Å². The van der Waals surface area contributed by atoms with Crippen LogP contribution in [0.4, 0.5) is 5.69 Å². The van der Waals surface area contributed by atoms with E-state index in [2.05, 4.69) is 15.5 Å². The number of fused-ring (bicyclic) bond motifs is 1. The number of ether oxygens (including phenoxy) is 2. The van der Waals surface area contributed by atoms with Crippen molar-refractivity contribution in [3.05, 3.63) is 63.5 Å². The highest BCUT2D eigenvalue weighted by atomic mass is 35.5. The Morgan fingerprint density at radius 1 is 1.21 bits per heavy atom. The maximum Gasteiger partial charge on any atom is 0.312 e. The van der Waals surface area contributed by atoms with Crippen molar-refractivity contribution in [3.63, 3.8) is 0 Å². The number of nitrogens with zero attached hydrogens (tertiary/aromatic N) is 1. The summed E-state index contributed by atoms with van der Waals surface area (Å²) in [5, 5.41) is 10.3. The Balaban J connectivity index is 1.68. The molecule has 0 bridgehead atoms. The van der Waals surface area contributed by atoms with Crippen molar-refractivity contribution < 1.29 is 19.1 Å². The number of carbonyl (C=O) groups excluding carboxylic acids is 2. The van der Waals surface area contributed by atoms with Gasteiger partial charge in [0.25, 0.3) is 11.5 Å². The number of rotatable bonds is 6. The van der Waals surface area contributed by atoms with Gasteiger partial charge in [-0.1, -0.05) is 29.8 Å². The van der Waals surface area contributed by atoms with E-state index in [-0.39, 0.29) is 12.0 Å². The van der Waals surface area contributed by atoms with E-state index in [0.717, 1.165) is 0 Å². The van der Waals surface area contributed by atoms with Gasteiger partial charge in [-0.15, -0.1) is 0 Å². The van der Waals surface area contributed by atoms with Gasteiger partial charge in [-0.05, 0) is 31.2 Å². The van der Waals surface area contributed by atoms with Crippen molar-refractivity contribution in [1.29, 1.82) is 0 Å². The molecule has 3 aromatic rings. The standard InChI is InChI=1S/C20H18ClN3O5/c1-11(19(26)22-16-9-12(21)7-8-17(16)28-2)29-18(25)10-15-13-5-3-4-6-14(13)20(27)24-23-15/h3-9,11H,10H2,1-2H3,(H,22,26)(H,24,27)/t11-/m0/s1. The van der Waals surface area contributed by atoms with Gasteiger partial charge in [0, 0.05) is 10.4 Å². The van der Waals surface area contributed by atoms with Gasteiger partial charge >= 0.3 is 5.97 Å². The SMILES string of the molecule is COc1ccc(Cl)cc1NC(=O)[C@H](C)OC(=O)Cc1n[nH]c(=O)c2ccccc12. The number of anilines is 1. The van der Waals surface area contributed by atoms with Gasteiger partial charge in [0.05, 0.1) is 30.3 Å². The van der Waals surface area contributed by atoms with Crippen molar-refractivity contribution in [2.45, 2.75) is 19.4 Å². The van der Waals surface area contributed by atoms with Crippen LogP contribution in [0.2, 0.25) is 5.02 Å². The zero-order valence-corrected chi connectivity index (χ0v) is 16.4. The van der Waals surface area contributed by atoms with Crippen molar-refractivity contribution in [1.82, 2.24) is 10.2 Å². The lowest BCUT2D eigenvalue weighted by molar-refractivity contribution is -0.152. The minimum atomic E-state index is -1.07. The molecular formula is C20H18ClN3O5. The number of hydrogen-bond acceptors (Lipinski definition) is 6. The van der Waals surface area contributed by atoms with Crippen LogP contribution in [-0.2, 0) is 20.7 Å². The van der Waals surface area contributed by atoms with E-state index in [4.69, 9.17) is 21.1 Å². The highest BCUT2D eigenvalue weighted by Crippen LogP contribution is 2.27. The molecule has 0 unspecified atom stereocenters. The van der Waals surface area contributed by atoms with E-state index < -0.39 is 18.0 Å². The summed E-state index contributed by atoms with van der Waals surface area (Å²) >= 11 is 5.95. The largest absolute Gasteiger partial charge is 0.495 e. The highest BCUT2D eigenvalue weighted by molar-refractivity contribution is 6.31. The number of methoxy groups -OCH3 is 1. The second-order valence-electron chi connectivity index (χ2n) is 6.19. The maximum absolute atomic E-state index is 12.4. The minimum absolute atomic E-state index is 0.199. The number of benzene rings is 2. The summed E-state index contributed by atoms with van der Waals surface area (Å²) < 4.78 is 10.4. The van der Waals surface area contributed by atoms with E-state index in [1.165, 1.54) is 20.1 Å². The van der Waals surface area contributed by atoms with Gasteiger partial charge in [0.1, 0.15) is 5.75 Å². The Kier molecular flexibility index (Phi) is 6.13. The molecule has 1 heterocycles. The second kappa shape index (κ2) is 8.74. The van der Waals surface area contributed by atoms with Gasteiger partial charge in [0.15, 0.2) is 6.10 Å². The number of H-pyrrole nitrogens is 1. The summed E-state index contributed by atoms with van der Waals surface area (Å²) in [6.45, 7) is 1.45. The van der Waals surface area contributed by atoms with Crippen LogP contribution in [0.25, 0.3) is 10.8 Å². The minimum Gasteiger partial charge on any atom is -0.495 e. The Labute approximate surface area is 170 Å². The number of aromatic nitrogens is 2. The normalized spacial score (nSPS) is 11.7. The molecule has 3 rings (SSSR count). The number of halogens is 1. The van der Waals surface area contributed by atoms with E-state index in [9.17, 15) is 14.4 Å². The molecule has 2 aromatic carbocycles. The Morgan fingerprint density at radius 3 is 2.66 bits per heavy atom. The Bertz CT molecular complexity index is 1130. The number of amides is 1. The van der Waals surface area contributed by atoms with Crippen molar-refractivity contribution in [2.75, 3.05) is 12.4 Å². The van der Waals surface area contributed by atoms with Gasteiger partial charge in [0.2, 0.25) is 0 Å². The first-order valence-corrected chi connectivity index (χ1v) is 9.07. The number of carbonyl (C=O) groups is 2. The zero-order valence-electron chi connectivity index (χ0n) is 15.7. The molecule has 1 atom stereocenters. The summed E-state index contributed by atoms with van der Waals surface area (Å²) in [7, 11) is 1.46. The van der Waals surface area contributed by atoms with Crippen LogP contribution >= 0.6 is 11.6 Å². The van der Waals surface area contributed by atoms with E-state index in [0.29, 0.717) is 32.9 Å². The van der Waals surface area contributed by atoms with Crippen LogP contribution in [0.15, 0.2) is 47.3 Å². The van der Waals surface area contributed by atoms with E-state index >= 15 is 0 Å². The summed E-state index contributed by atoms with van der Waals surface area (Å²) in [6.07, 6.45) is -1.27. The fourth-order valence-corrected chi connectivity index (χ4v) is 2.92. The van der Waals surface area contributed by atoms with Gasteiger partial charge in [-0.3, -0.25) is 14.4 Å². The van der Waals surface area contributed by atoms with Gasteiger partial charge in [-0.2, -0.15) is 5.10 Å². The number of nitrogens with one attached hydrogen (secondary N) is 2. The van der Waals surface area contributed by atoms with Crippen molar-refractivity contribution >= 4 is 39.9 Å². The molecule has 0 radical (unpaired) electrons. The molecule has 29 heavy (non-hydrogen) atoms. The molecular weight excluding hydrogens is 398 g/mol. The monoisotopic (exact) mass is 415 g/mol. The first kappa shape index (κ1) is 20.3. The number of hydrogen-bond donors (Lipinski definition) is 2. The molecule has 0 spiro atoms. The third-order valence-corrected chi connectivity index (χ3v) is 4.42. The third kappa shape index (κ3) is 4.72. The average molecular weight is 416 g/mol. The molecule has 8 nitrogen and oxygen atoms in total. The molecule has 1 amide bonds. The third-order valence-electron chi connectivity index (χ3n) is 4.18. The summed E-state index contributed by atoms with van der Waals surface area (Å²) in [5.41, 5.74) is 0.372. The highest BCUT2D eigenvalue weighted by Gasteiger charge is 2.21. The lowest BCUT2D eigenvalue weighted by Gasteiger charge is -2.15.